The van der Waals surface area contributed by atoms with E-state index in [9.17, 15) is 30.3 Å². The smallest absolute Gasteiger partial charge is 0.306 e. The molecule has 8 rings (SSSR count). The van der Waals surface area contributed by atoms with Gasteiger partial charge in [-0.15, -0.1) is 0 Å². The van der Waals surface area contributed by atoms with Crippen LogP contribution in [-0.2, 0) is 20.9 Å². The Morgan fingerprint density at radius 1 is 0.889 bits per heavy atom. The summed E-state index contributed by atoms with van der Waals surface area (Å²) in [5, 5.41) is 52.9. The van der Waals surface area contributed by atoms with Crippen molar-refractivity contribution >= 4 is 27.5 Å². The van der Waals surface area contributed by atoms with Gasteiger partial charge in [-0.1, -0.05) is 115 Å². The summed E-state index contributed by atoms with van der Waals surface area (Å²) in [6.07, 6.45) is 10.6. The number of ether oxygens (including phenoxy) is 4. The van der Waals surface area contributed by atoms with Gasteiger partial charge in [0, 0.05) is 28.9 Å². The average molecular weight is 871 g/mol. The topological polar surface area (TPSA) is 155 Å². The van der Waals surface area contributed by atoms with Gasteiger partial charge in [0.1, 0.15) is 29.8 Å². The lowest BCUT2D eigenvalue weighted by Gasteiger charge is -2.58. The van der Waals surface area contributed by atoms with Crippen LogP contribution in [0.15, 0.2) is 65.3 Å². The van der Waals surface area contributed by atoms with E-state index in [0.717, 1.165) is 40.3 Å². The minimum absolute atomic E-state index is 0.155. The highest BCUT2D eigenvalue weighted by molar-refractivity contribution is 6.03. The summed E-state index contributed by atoms with van der Waals surface area (Å²) in [6, 6.07) is 13.1. The molecular formula is C53H74O10. The molecule has 0 radical (unpaired) electrons. The molecule has 346 valence electrons. The van der Waals surface area contributed by atoms with E-state index in [4.69, 9.17) is 18.9 Å². The Kier molecular flexibility index (Phi) is 13.9. The van der Waals surface area contributed by atoms with E-state index in [-0.39, 0.29) is 12.5 Å². The van der Waals surface area contributed by atoms with E-state index in [2.05, 4.69) is 47.6 Å². The normalized spacial score (nSPS) is 33.3. The number of benzene rings is 3. The molecule has 0 bridgehead atoms. The van der Waals surface area contributed by atoms with Crippen molar-refractivity contribution in [3.63, 3.8) is 0 Å². The third kappa shape index (κ3) is 8.35. The molecular weight excluding hydrogens is 797 g/mol. The molecule has 63 heavy (non-hydrogen) atoms. The Hall–Kier alpha value is -3.51. The highest BCUT2D eigenvalue weighted by atomic mass is 16.7. The molecule has 0 aromatic heterocycles. The molecule has 10 nitrogen and oxygen atoms in total. The number of carbonyl (C=O) groups is 1. The number of aliphatic hydroxyl groups is 4. The summed E-state index contributed by atoms with van der Waals surface area (Å²) in [5.74, 6) is 1.62. The van der Waals surface area contributed by atoms with E-state index in [1.54, 1.807) is 18.7 Å². The number of methoxy groups -OCH3 is 2. The maximum absolute atomic E-state index is 11.2. The summed E-state index contributed by atoms with van der Waals surface area (Å²) in [5.41, 5.74) is 7.45. The Bertz CT molecular complexity index is 2210. The average Bonchev–Trinajstić information content (AvgIpc) is 3.54. The summed E-state index contributed by atoms with van der Waals surface area (Å²) in [7, 11) is 2.90. The first kappa shape index (κ1) is 47.5. The highest BCUT2D eigenvalue weighted by Crippen LogP contribution is 2.71. The van der Waals surface area contributed by atoms with Crippen molar-refractivity contribution in [1.29, 1.82) is 0 Å². The number of aliphatic carboxylic acids is 1. The Morgan fingerprint density at radius 2 is 1.63 bits per heavy atom. The molecule has 5 N–H and O–H groups in total. The molecule has 2 saturated carbocycles. The summed E-state index contributed by atoms with van der Waals surface area (Å²) < 4.78 is 22.2. The van der Waals surface area contributed by atoms with Crippen molar-refractivity contribution in [2.45, 2.75) is 156 Å². The summed E-state index contributed by atoms with van der Waals surface area (Å²) in [6.45, 7) is 16.5. The number of allylic oxidation sites excluding steroid dienone is 4. The van der Waals surface area contributed by atoms with Crippen LogP contribution in [0, 0.1) is 39.4 Å². The van der Waals surface area contributed by atoms with E-state index in [1.165, 1.54) is 64.9 Å². The number of carboxylic acids is 1. The molecule has 1 aliphatic heterocycles. The van der Waals surface area contributed by atoms with Gasteiger partial charge in [0.05, 0.1) is 26.2 Å². The van der Waals surface area contributed by atoms with Crippen LogP contribution in [0.4, 0.5) is 0 Å². The van der Waals surface area contributed by atoms with Crippen LogP contribution in [0.2, 0.25) is 0 Å². The van der Waals surface area contributed by atoms with Crippen LogP contribution in [0.3, 0.4) is 0 Å². The van der Waals surface area contributed by atoms with Gasteiger partial charge in [0.2, 0.25) is 0 Å². The SMILES string of the molecule is CC(CCC[C@@H](C)[C@H]1CC[C@@]2(C)C3=C(CC[C@]12C)[C@@]1(C)CCCC(C)(C)C1=CC3)C(=O)O.COc1c(CO)ccc2cc3cccc(OC4C(CO)OC(OC)C(O)C4O)c3cc12. The molecule has 3 fully saturated rings. The van der Waals surface area contributed by atoms with E-state index >= 15 is 0 Å². The molecule has 5 aliphatic rings. The van der Waals surface area contributed by atoms with Crippen molar-refractivity contribution in [3.05, 3.63) is 70.8 Å². The lowest BCUT2D eigenvalue weighted by Crippen LogP contribution is -2.61. The standard InChI is InChI=1S/C30H48O2.C23H26O8/c1-20(10-8-11-21(2)26(31)32)22-14-18-30(7)24-12-13-25-27(3,4)16-9-17-28(25,5)23(24)15-19-29(22,30)6;1-28-21-14(10-24)7-6-13-8-12-4-3-5-17(15(12)9-16(13)21)30-22-18(11-25)31-23(29-2)20(27)19(22)26/h13,20-22H,8-12,14-19H2,1-7H3,(H,31,32);3-9,18-20,22-27H,10-11H2,1-2H3/t20-,21?,22-,28-,29-,30+;/m1./s1. The molecule has 10 heteroatoms. The van der Waals surface area contributed by atoms with Gasteiger partial charge in [0.25, 0.3) is 0 Å². The van der Waals surface area contributed by atoms with Gasteiger partial charge in [0.15, 0.2) is 12.4 Å². The lowest BCUT2D eigenvalue weighted by atomic mass is 9.46. The van der Waals surface area contributed by atoms with Crippen molar-refractivity contribution in [3.8, 4) is 11.5 Å². The van der Waals surface area contributed by atoms with Crippen molar-refractivity contribution in [2.75, 3.05) is 20.8 Å². The fraction of sp³-hybridized carbons (Fsp3) is 0.642. The number of hydrogen-bond acceptors (Lipinski definition) is 9. The zero-order chi connectivity index (χ0) is 45.6. The van der Waals surface area contributed by atoms with Crippen LogP contribution in [0.5, 0.6) is 11.5 Å². The van der Waals surface area contributed by atoms with Crippen molar-refractivity contribution < 1.29 is 49.3 Å². The van der Waals surface area contributed by atoms with E-state index in [1.807, 2.05) is 54.5 Å². The Labute approximate surface area is 374 Å². The molecule has 11 atom stereocenters. The first-order chi connectivity index (χ1) is 29.9. The van der Waals surface area contributed by atoms with E-state index < -0.39 is 43.3 Å². The predicted octanol–water partition coefficient (Wildman–Crippen LogP) is 9.90. The van der Waals surface area contributed by atoms with Crippen molar-refractivity contribution in [1.82, 2.24) is 0 Å². The predicted molar refractivity (Wildman–Crippen MR) is 247 cm³/mol. The molecule has 0 spiro atoms. The largest absolute Gasteiger partial charge is 0.496 e. The maximum Gasteiger partial charge on any atom is 0.306 e. The number of rotatable bonds is 12. The van der Waals surface area contributed by atoms with Crippen LogP contribution < -0.4 is 9.47 Å². The minimum atomic E-state index is -1.33. The van der Waals surface area contributed by atoms with Gasteiger partial charge >= 0.3 is 5.97 Å². The van der Waals surface area contributed by atoms with Crippen LogP contribution >= 0.6 is 0 Å². The van der Waals surface area contributed by atoms with Gasteiger partial charge < -0.3 is 44.5 Å². The third-order valence-electron chi connectivity index (χ3n) is 17.0. The molecule has 0 amide bonds. The van der Waals surface area contributed by atoms with Gasteiger partial charge in [-0.2, -0.15) is 0 Å². The lowest BCUT2D eigenvalue weighted by molar-refractivity contribution is -0.290. The Morgan fingerprint density at radius 3 is 2.32 bits per heavy atom. The molecule has 1 saturated heterocycles. The maximum atomic E-state index is 11.2. The number of fused-ring (bicyclic) bond motifs is 6. The van der Waals surface area contributed by atoms with E-state index in [0.29, 0.717) is 44.6 Å². The highest BCUT2D eigenvalue weighted by Gasteiger charge is 2.61. The number of carboxylic acid groups (broad SMARTS) is 1. The molecule has 3 aromatic carbocycles. The first-order valence-corrected chi connectivity index (χ1v) is 23.5. The van der Waals surface area contributed by atoms with Crippen LogP contribution in [-0.4, -0.2) is 83.0 Å². The van der Waals surface area contributed by atoms with Crippen LogP contribution in [0.1, 0.15) is 125 Å². The number of hydrogen-bond donors (Lipinski definition) is 5. The molecule has 1 heterocycles. The molecule has 3 aromatic rings. The third-order valence-corrected chi connectivity index (χ3v) is 17.0. The van der Waals surface area contributed by atoms with Crippen molar-refractivity contribution in [2.24, 2.45) is 39.4 Å². The second-order valence-electron chi connectivity index (χ2n) is 20.9. The summed E-state index contributed by atoms with van der Waals surface area (Å²) in [4.78, 5) is 11.2. The fourth-order valence-electron chi connectivity index (χ4n) is 13.2. The summed E-state index contributed by atoms with van der Waals surface area (Å²) >= 11 is 0. The zero-order valence-electron chi connectivity index (χ0n) is 39.2. The van der Waals surface area contributed by atoms with Gasteiger partial charge in [-0.05, 0) is 108 Å². The quantitative estimate of drug-likeness (QED) is 0.0878. The minimum Gasteiger partial charge on any atom is -0.496 e. The van der Waals surface area contributed by atoms with Crippen LogP contribution in [0.25, 0.3) is 21.5 Å². The molecule has 4 aliphatic carbocycles. The van der Waals surface area contributed by atoms with Gasteiger partial charge in [-0.3, -0.25) is 4.79 Å². The fourth-order valence-corrected chi connectivity index (χ4v) is 13.2. The zero-order valence-corrected chi connectivity index (χ0v) is 39.2. The first-order valence-electron chi connectivity index (χ1n) is 23.5. The number of aliphatic hydroxyl groups excluding tert-OH is 4. The second-order valence-corrected chi connectivity index (χ2v) is 20.9. The monoisotopic (exact) mass is 871 g/mol. The second kappa shape index (κ2) is 18.4. The Balaban J connectivity index is 0.000000189. The molecule has 6 unspecified atom stereocenters. The van der Waals surface area contributed by atoms with Gasteiger partial charge in [-0.25, -0.2) is 0 Å².